The average Bonchev–Trinajstić information content (AvgIpc) is 2.92. The number of ether oxygens (including phenoxy) is 1. The van der Waals surface area contributed by atoms with E-state index in [1.165, 1.54) is 17.5 Å². The molecule has 4 heteroatoms. The number of hydrogen-bond acceptors (Lipinski definition) is 3. The van der Waals surface area contributed by atoms with Gasteiger partial charge in [-0.25, -0.2) is 0 Å². The van der Waals surface area contributed by atoms with E-state index in [4.69, 9.17) is 9.84 Å². The normalized spacial score (nSPS) is 14.9. The number of rotatable bonds is 7. The lowest BCUT2D eigenvalue weighted by Crippen LogP contribution is -2.41. The number of amides is 1. The van der Waals surface area contributed by atoms with E-state index in [9.17, 15) is 4.79 Å². The molecule has 116 valence electrons. The molecular weight excluding hydrogens is 266 g/mol. The first-order valence-corrected chi connectivity index (χ1v) is 7.75. The summed E-state index contributed by atoms with van der Waals surface area (Å²) in [5.74, 6) is 0.915. The summed E-state index contributed by atoms with van der Waals surface area (Å²) in [6.45, 7) is 4.16. The molecule has 0 heterocycles. The van der Waals surface area contributed by atoms with Crippen molar-refractivity contribution in [3.8, 4) is 5.75 Å². The van der Waals surface area contributed by atoms with Crippen molar-refractivity contribution in [2.75, 3.05) is 13.2 Å². The SMILES string of the molecule is CC(C)C(CCO)NC(=O)COc1ccc2c(c1)CCC2. The zero-order valence-corrected chi connectivity index (χ0v) is 12.9. The molecule has 1 aromatic carbocycles. The van der Waals surface area contributed by atoms with Crippen LogP contribution in [-0.2, 0) is 17.6 Å². The van der Waals surface area contributed by atoms with Gasteiger partial charge in [-0.1, -0.05) is 19.9 Å². The summed E-state index contributed by atoms with van der Waals surface area (Å²) in [6.07, 6.45) is 4.02. The molecule has 0 radical (unpaired) electrons. The molecule has 1 amide bonds. The van der Waals surface area contributed by atoms with E-state index in [1.807, 2.05) is 26.0 Å². The second kappa shape index (κ2) is 7.46. The number of aryl methyl sites for hydroxylation is 2. The predicted octanol–water partition coefficient (Wildman–Crippen LogP) is 2.08. The fourth-order valence-electron chi connectivity index (χ4n) is 2.75. The number of aliphatic hydroxyl groups excluding tert-OH is 1. The molecule has 1 unspecified atom stereocenters. The molecule has 0 spiro atoms. The molecule has 1 aliphatic rings. The monoisotopic (exact) mass is 291 g/mol. The van der Waals surface area contributed by atoms with Crippen LogP contribution in [0.25, 0.3) is 0 Å². The first-order valence-electron chi connectivity index (χ1n) is 7.75. The van der Waals surface area contributed by atoms with Gasteiger partial charge >= 0.3 is 0 Å². The van der Waals surface area contributed by atoms with Gasteiger partial charge < -0.3 is 15.2 Å². The molecule has 0 fully saturated rings. The van der Waals surface area contributed by atoms with Crippen molar-refractivity contribution in [3.05, 3.63) is 29.3 Å². The van der Waals surface area contributed by atoms with Crippen LogP contribution in [0.5, 0.6) is 5.75 Å². The number of hydrogen-bond donors (Lipinski definition) is 2. The Morgan fingerprint density at radius 3 is 2.81 bits per heavy atom. The number of carbonyl (C=O) groups excluding carboxylic acids is 1. The maximum absolute atomic E-state index is 11.9. The number of benzene rings is 1. The maximum atomic E-state index is 11.9. The highest BCUT2D eigenvalue weighted by molar-refractivity contribution is 5.77. The highest BCUT2D eigenvalue weighted by atomic mass is 16.5. The Morgan fingerprint density at radius 1 is 1.33 bits per heavy atom. The number of aliphatic hydroxyl groups is 1. The zero-order chi connectivity index (χ0) is 15.2. The Morgan fingerprint density at radius 2 is 2.10 bits per heavy atom. The molecule has 4 nitrogen and oxygen atoms in total. The van der Waals surface area contributed by atoms with Crippen LogP contribution in [0, 0.1) is 5.92 Å². The fraction of sp³-hybridized carbons (Fsp3) is 0.588. The van der Waals surface area contributed by atoms with E-state index in [2.05, 4.69) is 11.4 Å². The second-order valence-electron chi connectivity index (χ2n) is 6.00. The zero-order valence-electron chi connectivity index (χ0n) is 12.9. The van der Waals surface area contributed by atoms with Crippen LogP contribution in [-0.4, -0.2) is 30.3 Å². The lowest BCUT2D eigenvalue weighted by atomic mass is 10.0. The first-order chi connectivity index (χ1) is 10.1. The highest BCUT2D eigenvalue weighted by Gasteiger charge is 2.16. The van der Waals surface area contributed by atoms with Crippen molar-refractivity contribution >= 4 is 5.91 Å². The van der Waals surface area contributed by atoms with Crippen LogP contribution in [0.3, 0.4) is 0 Å². The summed E-state index contributed by atoms with van der Waals surface area (Å²) < 4.78 is 5.58. The van der Waals surface area contributed by atoms with Crippen molar-refractivity contribution in [3.63, 3.8) is 0 Å². The fourth-order valence-corrected chi connectivity index (χ4v) is 2.75. The molecule has 0 aromatic heterocycles. The summed E-state index contributed by atoms with van der Waals surface area (Å²) in [4.78, 5) is 11.9. The second-order valence-corrected chi connectivity index (χ2v) is 6.00. The Hall–Kier alpha value is -1.55. The molecule has 1 atom stereocenters. The van der Waals surface area contributed by atoms with E-state index in [0.717, 1.165) is 18.6 Å². The van der Waals surface area contributed by atoms with Gasteiger partial charge in [0.1, 0.15) is 5.75 Å². The molecule has 0 bridgehead atoms. The molecular formula is C17H25NO3. The topological polar surface area (TPSA) is 58.6 Å². The third-order valence-corrected chi connectivity index (χ3v) is 4.03. The lowest BCUT2D eigenvalue weighted by Gasteiger charge is -2.21. The molecule has 2 rings (SSSR count). The van der Waals surface area contributed by atoms with Gasteiger partial charge in [0.2, 0.25) is 0 Å². The van der Waals surface area contributed by atoms with Gasteiger partial charge in [0, 0.05) is 12.6 Å². The smallest absolute Gasteiger partial charge is 0.258 e. The predicted molar refractivity (Wildman–Crippen MR) is 82.4 cm³/mol. The van der Waals surface area contributed by atoms with Crippen LogP contribution in [0.2, 0.25) is 0 Å². The van der Waals surface area contributed by atoms with Crippen LogP contribution in [0.15, 0.2) is 18.2 Å². The molecule has 1 aliphatic carbocycles. The Kier molecular flexibility index (Phi) is 5.62. The van der Waals surface area contributed by atoms with Gasteiger partial charge in [-0.3, -0.25) is 4.79 Å². The first kappa shape index (κ1) is 15.8. The number of nitrogens with one attached hydrogen (secondary N) is 1. The van der Waals surface area contributed by atoms with Gasteiger partial charge in [-0.05, 0) is 54.9 Å². The number of carbonyl (C=O) groups is 1. The van der Waals surface area contributed by atoms with E-state index < -0.39 is 0 Å². The van der Waals surface area contributed by atoms with Crippen LogP contribution in [0.4, 0.5) is 0 Å². The molecule has 0 aliphatic heterocycles. The summed E-state index contributed by atoms with van der Waals surface area (Å²) in [7, 11) is 0. The van der Waals surface area contributed by atoms with Gasteiger partial charge in [0.05, 0.1) is 0 Å². The Balaban J connectivity index is 1.83. The van der Waals surface area contributed by atoms with Crippen molar-refractivity contribution in [1.82, 2.24) is 5.32 Å². The Labute approximate surface area is 126 Å². The van der Waals surface area contributed by atoms with Gasteiger partial charge in [-0.15, -0.1) is 0 Å². The minimum Gasteiger partial charge on any atom is -0.484 e. The van der Waals surface area contributed by atoms with Gasteiger partial charge in [-0.2, -0.15) is 0 Å². The van der Waals surface area contributed by atoms with E-state index in [-0.39, 0.29) is 25.2 Å². The molecule has 21 heavy (non-hydrogen) atoms. The molecule has 0 saturated heterocycles. The summed E-state index contributed by atoms with van der Waals surface area (Å²) >= 11 is 0. The number of fused-ring (bicyclic) bond motifs is 1. The minimum atomic E-state index is -0.136. The summed E-state index contributed by atoms with van der Waals surface area (Å²) in [6, 6.07) is 6.07. The highest BCUT2D eigenvalue weighted by Crippen LogP contribution is 2.25. The quantitative estimate of drug-likeness (QED) is 0.808. The lowest BCUT2D eigenvalue weighted by molar-refractivity contribution is -0.124. The largest absolute Gasteiger partial charge is 0.484 e. The van der Waals surface area contributed by atoms with Gasteiger partial charge in [0.15, 0.2) is 6.61 Å². The van der Waals surface area contributed by atoms with E-state index in [0.29, 0.717) is 12.3 Å². The third-order valence-electron chi connectivity index (χ3n) is 4.03. The van der Waals surface area contributed by atoms with Gasteiger partial charge in [0.25, 0.3) is 5.91 Å². The van der Waals surface area contributed by atoms with E-state index >= 15 is 0 Å². The molecule has 1 aromatic rings. The third kappa shape index (κ3) is 4.46. The van der Waals surface area contributed by atoms with Crippen molar-refractivity contribution in [1.29, 1.82) is 0 Å². The van der Waals surface area contributed by atoms with Crippen molar-refractivity contribution < 1.29 is 14.6 Å². The standard InChI is InChI=1S/C17H25NO3/c1-12(2)16(8-9-19)18-17(20)11-21-15-7-6-13-4-3-5-14(13)10-15/h6-7,10,12,16,19H,3-5,8-9,11H2,1-2H3,(H,18,20). The van der Waals surface area contributed by atoms with Crippen LogP contribution < -0.4 is 10.1 Å². The summed E-state index contributed by atoms with van der Waals surface area (Å²) in [5.41, 5.74) is 2.74. The van der Waals surface area contributed by atoms with Crippen molar-refractivity contribution in [2.24, 2.45) is 5.92 Å². The van der Waals surface area contributed by atoms with E-state index in [1.54, 1.807) is 0 Å². The average molecular weight is 291 g/mol. The Bertz CT molecular complexity index is 485. The van der Waals surface area contributed by atoms with Crippen molar-refractivity contribution in [2.45, 2.75) is 45.6 Å². The van der Waals surface area contributed by atoms with Crippen LogP contribution >= 0.6 is 0 Å². The van der Waals surface area contributed by atoms with Crippen LogP contribution in [0.1, 0.15) is 37.8 Å². The molecule has 2 N–H and O–H groups in total. The minimum absolute atomic E-state index is 0.00822. The summed E-state index contributed by atoms with van der Waals surface area (Å²) in [5, 5.41) is 11.9. The maximum Gasteiger partial charge on any atom is 0.258 e. The molecule has 0 saturated carbocycles.